The minimum Gasteiger partial charge on any atom is -0.316 e. The molecule has 1 amide bonds. The molecule has 130 valence electrons. The van der Waals surface area contributed by atoms with Gasteiger partial charge in [-0.05, 0) is 18.2 Å². The van der Waals surface area contributed by atoms with E-state index < -0.39 is 15.3 Å². The molecule has 5 nitrogen and oxygen atoms in total. The second-order valence-electron chi connectivity index (χ2n) is 7.10. The predicted octanol–water partition coefficient (Wildman–Crippen LogP) is 2.99. The van der Waals surface area contributed by atoms with Crippen LogP contribution in [0.2, 0.25) is 5.02 Å². The van der Waals surface area contributed by atoms with E-state index in [-0.39, 0.29) is 28.7 Å². The standard InChI is InChI=1S/C16H19ClN2O3S2/c1-16(2,3)14(20)18-15-19(11-6-4-5-10(17)7-11)12-8-24(21,22)9-13(12)23-15/h4-7,12-13H,8-9H2,1-3H3/t12-,13-/m0/s1. The third kappa shape index (κ3) is 3.48. The molecular formula is C16H19ClN2O3S2. The summed E-state index contributed by atoms with van der Waals surface area (Å²) in [6.45, 7) is 5.44. The van der Waals surface area contributed by atoms with E-state index in [2.05, 4.69) is 4.99 Å². The molecule has 2 aliphatic heterocycles. The summed E-state index contributed by atoms with van der Waals surface area (Å²) in [5.74, 6) is -0.0398. The fourth-order valence-corrected chi connectivity index (χ4v) is 6.84. The molecule has 2 aliphatic rings. The van der Waals surface area contributed by atoms with Gasteiger partial charge in [-0.2, -0.15) is 4.99 Å². The molecule has 0 bridgehead atoms. The number of fused-ring (bicyclic) bond motifs is 1. The number of amides is 1. The maximum absolute atomic E-state index is 12.3. The molecule has 0 N–H and O–H groups in total. The number of sulfone groups is 1. The summed E-state index contributed by atoms with van der Waals surface area (Å²) in [5, 5.41) is 1.01. The first-order valence-electron chi connectivity index (χ1n) is 7.62. The molecule has 2 heterocycles. The van der Waals surface area contributed by atoms with Crippen LogP contribution in [0, 0.1) is 5.41 Å². The van der Waals surface area contributed by atoms with Crippen molar-refractivity contribution in [2.24, 2.45) is 10.4 Å². The highest BCUT2D eigenvalue weighted by Gasteiger charge is 2.49. The van der Waals surface area contributed by atoms with Crippen LogP contribution in [0.4, 0.5) is 5.69 Å². The van der Waals surface area contributed by atoms with Crippen LogP contribution < -0.4 is 4.90 Å². The lowest BCUT2D eigenvalue weighted by molar-refractivity contribution is -0.124. The molecule has 0 aliphatic carbocycles. The van der Waals surface area contributed by atoms with E-state index in [1.807, 2.05) is 37.8 Å². The lowest BCUT2D eigenvalue weighted by Crippen LogP contribution is -2.38. The van der Waals surface area contributed by atoms with E-state index in [0.717, 1.165) is 5.69 Å². The zero-order valence-electron chi connectivity index (χ0n) is 13.7. The molecule has 8 heteroatoms. The zero-order valence-corrected chi connectivity index (χ0v) is 16.1. The van der Waals surface area contributed by atoms with Gasteiger partial charge in [0.15, 0.2) is 15.0 Å². The van der Waals surface area contributed by atoms with Gasteiger partial charge in [-0.3, -0.25) is 4.79 Å². The van der Waals surface area contributed by atoms with Crippen molar-refractivity contribution in [3.63, 3.8) is 0 Å². The molecule has 0 aromatic heterocycles. The van der Waals surface area contributed by atoms with E-state index in [4.69, 9.17) is 11.6 Å². The summed E-state index contributed by atoms with van der Waals surface area (Å²) >= 11 is 7.46. The first-order valence-corrected chi connectivity index (χ1v) is 10.7. The Balaban J connectivity index is 2.03. The lowest BCUT2D eigenvalue weighted by Gasteiger charge is -2.25. The average molecular weight is 387 g/mol. The second kappa shape index (κ2) is 6.04. The van der Waals surface area contributed by atoms with Crippen LogP contribution in [0.5, 0.6) is 0 Å². The van der Waals surface area contributed by atoms with E-state index >= 15 is 0 Å². The lowest BCUT2D eigenvalue weighted by atomic mass is 9.96. The molecule has 0 spiro atoms. The Hall–Kier alpha value is -1.05. The van der Waals surface area contributed by atoms with Gasteiger partial charge in [0.05, 0.1) is 17.5 Å². The van der Waals surface area contributed by atoms with Crippen molar-refractivity contribution in [3.05, 3.63) is 29.3 Å². The summed E-state index contributed by atoms with van der Waals surface area (Å²) < 4.78 is 24.0. The summed E-state index contributed by atoms with van der Waals surface area (Å²) in [6, 6.07) is 6.98. The Kier molecular flexibility index (Phi) is 4.47. The molecule has 24 heavy (non-hydrogen) atoms. The maximum atomic E-state index is 12.3. The highest BCUT2D eigenvalue weighted by molar-refractivity contribution is 8.16. The zero-order chi connectivity index (χ0) is 17.7. The molecule has 3 rings (SSSR count). The Labute approximate surface area is 151 Å². The van der Waals surface area contributed by atoms with Crippen molar-refractivity contribution in [3.8, 4) is 0 Å². The highest BCUT2D eigenvalue weighted by atomic mass is 35.5. The number of carbonyl (C=O) groups excluding carboxylic acids is 1. The van der Waals surface area contributed by atoms with E-state index in [0.29, 0.717) is 10.2 Å². The minimum atomic E-state index is -3.07. The third-order valence-corrected chi connectivity index (χ3v) is 7.44. The molecule has 0 saturated carbocycles. The summed E-state index contributed by atoms with van der Waals surface area (Å²) in [7, 11) is -3.07. The van der Waals surface area contributed by atoms with Gasteiger partial charge >= 0.3 is 0 Å². The Morgan fingerprint density at radius 1 is 1.33 bits per heavy atom. The number of rotatable bonds is 1. The summed E-state index contributed by atoms with van der Waals surface area (Å²) in [6.07, 6.45) is 0. The summed E-state index contributed by atoms with van der Waals surface area (Å²) in [5.41, 5.74) is 0.178. The van der Waals surface area contributed by atoms with Gasteiger partial charge < -0.3 is 4.90 Å². The van der Waals surface area contributed by atoms with Crippen molar-refractivity contribution >= 4 is 50.0 Å². The number of amidine groups is 1. The molecular weight excluding hydrogens is 368 g/mol. The van der Waals surface area contributed by atoms with Crippen LogP contribution in [-0.2, 0) is 14.6 Å². The van der Waals surface area contributed by atoms with Gasteiger partial charge in [0.2, 0.25) is 0 Å². The quantitative estimate of drug-likeness (QED) is 0.742. The number of thioether (sulfide) groups is 1. The maximum Gasteiger partial charge on any atom is 0.253 e. The van der Waals surface area contributed by atoms with Gasteiger partial charge in [-0.15, -0.1) is 0 Å². The van der Waals surface area contributed by atoms with Crippen molar-refractivity contribution in [2.75, 3.05) is 16.4 Å². The number of halogens is 1. The number of hydrogen-bond acceptors (Lipinski definition) is 4. The smallest absolute Gasteiger partial charge is 0.253 e. The second-order valence-corrected chi connectivity index (χ2v) is 10.9. The molecule has 1 aromatic rings. The molecule has 2 fully saturated rings. The van der Waals surface area contributed by atoms with E-state index in [1.165, 1.54) is 11.8 Å². The third-order valence-electron chi connectivity index (χ3n) is 3.99. The van der Waals surface area contributed by atoms with Gasteiger partial charge in [0.1, 0.15) is 0 Å². The van der Waals surface area contributed by atoms with Gasteiger partial charge in [-0.1, -0.05) is 50.2 Å². The van der Waals surface area contributed by atoms with Crippen LogP contribution >= 0.6 is 23.4 Å². The van der Waals surface area contributed by atoms with Gasteiger partial charge in [-0.25, -0.2) is 8.42 Å². The number of hydrogen-bond donors (Lipinski definition) is 0. The van der Waals surface area contributed by atoms with Crippen molar-refractivity contribution < 1.29 is 13.2 Å². The van der Waals surface area contributed by atoms with Crippen LogP contribution in [0.15, 0.2) is 29.3 Å². The van der Waals surface area contributed by atoms with Crippen molar-refractivity contribution in [1.82, 2.24) is 0 Å². The predicted molar refractivity (Wildman–Crippen MR) is 99.6 cm³/mol. The fraction of sp³-hybridized carbons (Fsp3) is 0.500. The first-order chi connectivity index (χ1) is 11.1. The SMILES string of the molecule is CC(C)(C)C(=O)N=C1S[C@H]2CS(=O)(=O)C[C@@H]2N1c1cccc(Cl)c1. The van der Waals surface area contributed by atoms with Crippen LogP contribution in [0.25, 0.3) is 0 Å². The largest absolute Gasteiger partial charge is 0.316 e. The van der Waals surface area contributed by atoms with Crippen molar-refractivity contribution in [1.29, 1.82) is 0 Å². The summed E-state index contributed by atoms with van der Waals surface area (Å²) in [4.78, 5) is 18.5. The molecule has 0 radical (unpaired) electrons. The molecule has 1 aromatic carbocycles. The van der Waals surface area contributed by atoms with Crippen LogP contribution in [0.3, 0.4) is 0 Å². The Morgan fingerprint density at radius 3 is 2.67 bits per heavy atom. The number of anilines is 1. The Morgan fingerprint density at radius 2 is 2.04 bits per heavy atom. The van der Waals surface area contributed by atoms with E-state index in [9.17, 15) is 13.2 Å². The topological polar surface area (TPSA) is 66.8 Å². The molecule has 2 atom stereocenters. The van der Waals surface area contributed by atoms with Crippen molar-refractivity contribution in [2.45, 2.75) is 32.1 Å². The average Bonchev–Trinajstić information content (AvgIpc) is 2.88. The first kappa shape index (κ1) is 17.8. The number of benzene rings is 1. The van der Waals surface area contributed by atoms with Gasteiger partial charge in [0, 0.05) is 21.4 Å². The molecule has 0 unspecified atom stereocenters. The molecule has 2 saturated heterocycles. The fourth-order valence-electron chi connectivity index (χ4n) is 2.75. The Bertz CT molecular complexity index is 815. The minimum absolute atomic E-state index is 0.0694. The van der Waals surface area contributed by atoms with Gasteiger partial charge in [0.25, 0.3) is 5.91 Å². The normalized spacial score (nSPS) is 27.5. The van der Waals surface area contributed by atoms with E-state index in [1.54, 1.807) is 12.1 Å². The van der Waals surface area contributed by atoms with Crippen LogP contribution in [0.1, 0.15) is 20.8 Å². The highest BCUT2D eigenvalue weighted by Crippen LogP contribution is 2.41. The number of carbonyl (C=O) groups is 1. The number of nitrogens with zero attached hydrogens (tertiary/aromatic N) is 2. The number of aliphatic imine (C=N–C) groups is 1. The monoisotopic (exact) mass is 386 g/mol. The van der Waals surface area contributed by atoms with Crippen LogP contribution in [-0.4, -0.2) is 42.3 Å².